The molecule has 1 aromatic carbocycles. The van der Waals surface area contributed by atoms with Crippen molar-refractivity contribution in [3.8, 4) is 0 Å². The van der Waals surface area contributed by atoms with Crippen LogP contribution in [0.5, 0.6) is 0 Å². The van der Waals surface area contributed by atoms with Gasteiger partial charge in [0.15, 0.2) is 5.82 Å². The van der Waals surface area contributed by atoms with E-state index in [0.29, 0.717) is 13.1 Å². The largest absolute Gasteiger partial charge is 0.347 e. The molecule has 0 radical (unpaired) electrons. The lowest BCUT2D eigenvalue weighted by atomic mass is 10.1. The highest BCUT2D eigenvalue weighted by Crippen LogP contribution is 2.22. The van der Waals surface area contributed by atoms with Gasteiger partial charge >= 0.3 is 5.69 Å². The molecule has 1 amide bonds. The molecule has 0 N–H and O–H groups in total. The highest BCUT2D eigenvalue weighted by Gasteiger charge is 2.29. The van der Waals surface area contributed by atoms with Gasteiger partial charge < -0.3 is 9.47 Å². The number of aromatic nitrogens is 5. The highest BCUT2D eigenvalue weighted by atomic mass is 16.2. The molecule has 3 aromatic rings. The molecule has 4 rings (SSSR count). The second kappa shape index (κ2) is 7.75. The molecule has 0 unspecified atom stereocenters. The Labute approximate surface area is 162 Å². The zero-order chi connectivity index (χ0) is 19.5. The van der Waals surface area contributed by atoms with Crippen molar-refractivity contribution in [2.45, 2.75) is 38.9 Å². The van der Waals surface area contributed by atoms with Crippen molar-refractivity contribution in [2.75, 3.05) is 6.54 Å². The van der Waals surface area contributed by atoms with Crippen LogP contribution in [0.15, 0.2) is 53.6 Å². The summed E-state index contributed by atoms with van der Waals surface area (Å²) < 4.78 is 3.46. The fourth-order valence-electron chi connectivity index (χ4n) is 3.63. The van der Waals surface area contributed by atoms with E-state index in [2.05, 4.69) is 38.8 Å². The molecule has 0 spiro atoms. The molecule has 2 aromatic heterocycles. The van der Waals surface area contributed by atoms with E-state index in [-0.39, 0.29) is 18.5 Å². The van der Waals surface area contributed by atoms with E-state index in [0.717, 1.165) is 24.5 Å². The minimum Gasteiger partial charge on any atom is -0.332 e. The first-order valence-electron chi connectivity index (χ1n) is 9.37. The topological polar surface area (TPSA) is 85.9 Å². The summed E-state index contributed by atoms with van der Waals surface area (Å²) in [4.78, 5) is 29.8. The lowest BCUT2D eigenvalue weighted by Gasteiger charge is -2.32. The Morgan fingerprint density at radius 1 is 1.14 bits per heavy atom. The minimum absolute atomic E-state index is 0.0194. The van der Waals surface area contributed by atoms with Gasteiger partial charge in [-0.3, -0.25) is 9.36 Å². The van der Waals surface area contributed by atoms with Gasteiger partial charge in [-0.05, 0) is 25.0 Å². The lowest BCUT2D eigenvalue weighted by molar-refractivity contribution is -0.134. The third kappa shape index (κ3) is 3.71. The molecule has 144 valence electrons. The van der Waals surface area contributed by atoms with Crippen molar-refractivity contribution in [3.63, 3.8) is 0 Å². The molecule has 28 heavy (non-hydrogen) atoms. The van der Waals surface area contributed by atoms with Gasteiger partial charge in [0.1, 0.15) is 12.4 Å². The summed E-state index contributed by atoms with van der Waals surface area (Å²) in [5.41, 5.74) is 0.842. The standard InChI is InChI=1S/C20H22N6O2/c1-15-12-25(19(27)14-24-11-5-10-21-20(24)28)13-18-23-22-17(26(15)18)9-8-16-6-3-2-4-7-16/h2-7,10-11,15H,8-9,12-14H2,1H3/t15-/m0/s1. The monoisotopic (exact) mass is 378 g/mol. The van der Waals surface area contributed by atoms with Gasteiger partial charge in [-0.25, -0.2) is 9.78 Å². The van der Waals surface area contributed by atoms with Crippen molar-refractivity contribution in [1.29, 1.82) is 0 Å². The number of carbonyl (C=O) groups is 1. The van der Waals surface area contributed by atoms with Gasteiger partial charge in [-0.15, -0.1) is 10.2 Å². The van der Waals surface area contributed by atoms with Crippen molar-refractivity contribution >= 4 is 5.91 Å². The molecule has 0 saturated heterocycles. The summed E-state index contributed by atoms with van der Waals surface area (Å²) in [6.07, 6.45) is 4.70. The van der Waals surface area contributed by atoms with Crippen LogP contribution in [0.2, 0.25) is 0 Å². The number of benzene rings is 1. The number of amides is 1. The Hall–Kier alpha value is -3.29. The van der Waals surface area contributed by atoms with Crippen LogP contribution < -0.4 is 5.69 Å². The lowest BCUT2D eigenvalue weighted by Crippen LogP contribution is -2.43. The smallest absolute Gasteiger partial charge is 0.332 e. The first kappa shape index (κ1) is 18.1. The Kier molecular flexibility index (Phi) is 5.01. The van der Waals surface area contributed by atoms with E-state index in [1.807, 2.05) is 18.2 Å². The molecule has 1 aliphatic heterocycles. The highest BCUT2D eigenvalue weighted by molar-refractivity contribution is 5.76. The van der Waals surface area contributed by atoms with E-state index < -0.39 is 5.69 Å². The van der Waals surface area contributed by atoms with Crippen molar-refractivity contribution in [1.82, 2.24) is 29.2 Å². The van der Waals surface area contributed by atoms with Crippen molar-refractivity contribution in [3.05, 3.63) is 76.5 Å². The van der Waals surface area contributed by atoms with E-state index in [1.165, 1.54) is 16.3 Å². The van der Waals surface area contributed by atoms with Crippen LogP contribution in [-0.4, -0.2) is 41.7 Å². The van der Waals surface area contributed by atoms with E-state index >= 15 is 0 Å². The number of fused-ring (bicyclic) bond motifs is 1. The quantitative estimate of drug-likeness (QED) is 0.666. The molecule has 1 atom stereocenters. The van der Waals surface area contributed by atoms with Crippen LogP contribution in [0.4, 0.5) is 0 Å². The molecule has 0 bridgehead atoms. The maximum atomic E-state index is 12.7. The average molecular weight is 378 g/mol. The molecule has 0 fully saturated rings. The maximum Gasteiger partial charge on any atom is 0.347 e. The molecular weight excluding hydrogens is 356 g/mol. The molecule has 8 nitrogen and oxygen atoms in total. The van der Waals surface area contributed by atoms with Gasteiger partial charge in [-0.1, -0.05) is 30.3 Å². The van der Waals surface area contributed by atoms with Gasteiger partial charge in [0.25, 0.3) is 0 Å². The van der Waals surface area contributed by atoms with Crippen LogP contribution in [0.3, 0.4) is 0 Å². The fraction of sp³-hybridized carbons (Fsp3) is 0.350. The predicted octanol–water partition coefficient (Wildman–Crippen LogP) is 1.22. The Morgan fingerprint density at radius 2 is 1.96 bits per heavy atom. The van der Waals surface area contributed by atoms with E-state index in [4.69, 9.17) is 0 Å². The summed E-state index contributed by atoms with van der Waals surface area (Å²) in [5.74, 6) is 1.61. The Bertz CT molecular complexity index is 1030. The van der Waals surface area contributed by atoms with Gasteiger partial charge in [0, 0.05) is 25.4 Å². The van der Waals surface area contributed by atoms with Gasteiger partial charge in [0.05, 0.1) is 12.6 Å². The average Bonchev–Trinajstić information content (AvgIpc) is 3.12. The summed E-state index contributed by atoms with van der Waals surface area (Å²) in [6, 6.07) is 12.0. The molecule has 8 heteroatoms. The zero-order valence-corrected chi connectivity index (χ0v) is 15.7. The Balaban J connectivity index is 1.45. The van der Waals surface area contributed by atoms with Crippen LogP contribution in [0, 0.1) is 0 Å². The summed E-state index contributed by atoms with van der Waals surface area (Å²) >= 11 is 0. The first-order chi connectivity index (χ1) is 13.6. The van der Waals surface area contributed by atoms with E-state index in [9.17, 15) is 9.59 Å². The van der Waals surface area contributed by atoms with Gasteiger partial charge in [0.2, 0.25) is 5.91 Å². The normalized spacial score (nSPS) is 16.0. The summed E-state index contributed by atoms with van der Waals surface area (Å²) in [7, 11) is 0. The Morgan fingerprint density at radius 3 is 2.75 bits per heavy atom. The number of rotatable bonds is 5. The molecular formula is C20H22N6O2. The van der Waals surface area contributed by atoms with Crippen molar-refractivity contribution < 1.29 is 4.79 Å². The first-order valence-corrected chi connectivity index (χ1v) is 9.37. The second-order valence-corrected chi connectivity index (χ2v) is 7.04. The van der Waals surface area contributed by atoms with Crippen LogP contribution in [0.1, 0.15) is 30.2 Å². The molecule has 0 aliphatic carbocycles. The SMILES string of the molecule is C[C@H]1CN(C(=O)Cn2cccnc2=O)Cc2nnc(CCc3ccccc3)n21. The zero-order valence-electron chi connectivity index (χ0n) is 15.7. The number of aryl methyl sites for hydroxylation is 2. The predicted molar refractivity (Wildman–Crippen MR) is 102 cm³/mol. The number of hydrogen-bond acceptors (Lipinski definition) is 5. The molecule has 0 saturated carbocycles. The number of carbonyl (C=O) groups excluding carboxylic acids is 1. The number of nitrogens with zero attached hydrogens (tertiary/aromatic N) is 6. The van der Waals surface area contributed by atoms with Crippen LogP contribution >= 0.6 is 0 Å². The van der Waals surface area contributed by atoms with Crippen LogP contribution in [-0.2, 0) is 30.7 Å². The molecule has 3 heterocycles. The fourth-order valence-corrected chi connectivity index (χ4v) is 3.63. The number of hydrogen-bond donors (Lipinski definition) is 0. The summed E-state index contributed by atoms with van der Waals surface area (Å²) in [6.45, 7) is 3.01. The summed E-state index contributed by atoms with van der Waals surface area (Å²) in [5, 5.41) is 8.68. The third-order valence-corrected chi connectivity index (χ3v) is 5.02. The second-order valence-electron chi connectivity index (χ2n) is 7.04. The van der Waals surface area contributed by atoms with Gasteiger partial charge in [-0.2, -0.15) is 0 Å². The van der Waals surface area contributed by atoms with Crippen molar-refractivity contribution in [2.24, 2.45) is 0 Å². The van der Waals surface area contributed by atoms with Crippen LogP contribution in [0.25, 0.3) is 0 Å². The minimum atomic E-state index is -0.424. The maximum absolute atomic E-state index is 12.7. The molecule has 1 aliphatic rings. The van der Waals surface area contributed by atoms with E-state index in [1.54, 1.807) is 17.2 Å². The third-order valence-electron chi connectivity index (χ3n) is 5.02.